The predicted molar refractivity (Wildman–Crippen MR) is 49.7 cm³/mol. The van der Waals surface area contributed by atoms with Crippen molar-refractivity contribution in [3.63, 3.8) is 0 Å². The zero-order valence-corrected chi connectivity index (χ0v) is 8.37. The number of hydrogen-bond acceptors (Lipinski definition) is 2. The first-order valence-electron chi connectivity index (χ1n) is 5.09. The summed E-state index contributed by atoms with van der Waals surface area (Å²) in [6.07, 6.45) is 0.847. The van der Waals surface area contributed by atoms with Crippen molar-refractivity contribution in [3.05, 3.63) is 0 Å². The van der Waals surface area contributed by atoms with Crippen molar-refractivity contribution < 1.29 is 19.4 Å². The standard InChI is InChI=1S/C10H17FO3/c1-2-7-3-5-10(14,6-4-7)8(11)9(12)13/h7-8,14H,2-6H2,1H3,(H,12,13). The van der Waals surface area contributed by atoms with Gasteiger partial charge in [-0.1, -0.05) is 13.3 Å². The second kappa shape index (κ2) is 4.26. The molecule has 1 saturated carbocycles. The molecule has 0 amide bonds. The molecule has 0 saturated heterocycles. The molecular formula is C10H17FO3. The molecule has 0 aliphatic heterocycles. The quantitative estimate of drug-likeness (QED) is 0.736. The molecular weight excluding hydrogens is 187 g/mol. The van der Waals surface area contributed by atoms with Gasteiger partial charge in [0.1, 0.15) is 5.60 Å². The molecule has 82 valence electrons. The molecule has 0 aromatic rings. The summed E-state index contributed by atoms with van der Waals surface area (Å²) in [7, 11) is 0. The van der Waals surface area contributed by atoms with E-state index in [-0.39, 0.29) is 12.8 Å². The van der Waals surface area contributed by atoms with Crippen LogP contribution in [-0.2, 0) is 4.79 Å². The van der Waals surface area contributed by atoms with Crippen LogP contribution >= 0.6 is 0 Å². The number of hydrogen-bond donors (Lipinski definition) is 2. The Morgan fingerprint density at radius 1 is 1.57 bits per heavy atom. The minimum Gasteiger partial charge on any atom is -0.479 e. The van der Waals surface area contributed by atoms with Crippen LogP contribution in [0.5, 0.6) is 0 Å². The number of aliphatic hydroxyl groups is 1. The van der Waals surface area contributed by atoms with Crippen molar-refractivity contribution in [2.75, 3.05) is 0 Å². The Labute approximate surface area is 82.9 Å². The van der Waals surface area contributed by atoms with Gasteiger partial charge in [0.2, 0.25) is 6.17 Å². The Morgan fingerprint density at radius 2 is 2.07 bits per heavy atom. The molecule has 4 heteroatoms. The molecule has 0 heterocycles. The molecule has 1 aliphatic carbocycles. The Bertz CT molecular complexity index is 209. The summed E-state index contributed by atoms with van der Waals surface area (Å²) in [5.74, 6) is -1.04. The Kier molecular flexibility index (Phi) is 3.48. The fourth-order valence-electron chi connectivity index (χ4n) is 2.07. The first-order chi connectivity index (χ1) is 6.49. The van der Waals surface area contributed by atoms with Crippen LogP contribution in [0.2, 0.25) is 0 Å². The fourth-order valence-corrected chi connectivity index (χ4v) is 2.07. The highest BCUT2D eigenvalue weighted by atomic mass is 19.1. The van der Waals surface area contributed by atoms with Gasteiger partial charge in [-0.25, -0.2) is 9.18 Å². The summed E-state index contributed by atoms with van der Waals surface area (Å²) in [6, 6.07) is 0. The second-order valence-electron chi connectivity index (χ2n) is 4.16. The van der Waals surface area contributed by atoms with Crippen molar-refractivity contribution in [2.24, 2.45) is 5.92 Å². The zero-order chi connectivity index (χ0) is 10.8. The molecule has 1 aliphatic rings. The van der Waals surface area contributed by atoms with E-state index in [2.05, 4.69) is 6.92 Å². The van der Waals surface area contributed by atoms with E-state index < -0.39 is 17.7 Å². The molecule has 0 aromatic heterocycles. The molecule has 0 radical (unpaired) electrons. The van der Waals surface area contributed by atoms with Crippen LogP contribution in [0, 0.1) is 5.92 Å². The third-order valence-electron chi connectivity index (χ3n) is 3.24. The summed E-state index contributed by atoms with van der Waals surface area (Å²) in [5, 5.41) is 18.3. The van der Waals surface area contributed by atoms with Gasteiger partial charge in [-0.3, -0.25) is 0 Å². The molecule has 0 spiro atoms. The largest absolute Gasteiger partial charge is 0.479 e. The SMILES string of the molecule is CCC1CCC(O)(C(F)C(=O)O)CC1. The number of aliphatic carboxylic acids is 1. The lowest BCUT2D eigenvalue weighted by Gasteiger charge is -2.36. The van der Waals surface area contributed by atoms with Crippen LogP contribution in [0.4, 0.5) is 4.39 Å². The topological polar surface area (TPSA) is 57.5 Å². The highest BCUT2D eigenvalue weighted by Crippen LogP contribution is 2.36. The van der Waals surface area contributed by atoms with E-state index in [1.165, 1.54) is 0 Å². The molecule has 1 fully saturated rings. The lowest BCUT2D eigenvalue weighted by atomic mass is 9.75. The lowest BCUT2D eigenvalue weighted by Crippen LogP contribution is -2.46. The summed E-state index contributed by atoms with van der Waals surface area (Å²) in [4.78, 5) is 10.4. The number of carboxylic acid groups (broad SMARTS) is 1. The van der Waals surface area contributed by atoms with E-state index in [0.29, 0.717) is 5.92 Å². The summed E-state index contributed by atoms with van der Waals surface area (Å²) >= 11 is 0. The van der Waals surface area contributed by atoms with Gasteiger partial charge >= 0.3 is 5.97 Å². The van der Waals surface area contributed by atoms with Gasteiger partial charge in [0.05, 0.1) is 0 Å². The third-order valence-corrected chi connectivity index (χ3v) is 3.24. The van der Waals surface area contributed by atoms with E-state index in [0.717, 1.165) is 19.3 Å². The highest BCUT2D eigenvalue weighted by molar-refractivity contribution is 5.73. The van der Waals surface area contributed by atoms with Crippen molar-refractivity contribution >= 4 is 5.97 Å². The molecule has 0 bridgehead atoms. The Balaban J connectivity index is 2.57. The van der Waals surface area contributed by atoms with Crippen LogP contribution in [0.3, 0.4) is 0 Å². The zero-order valence-electron chi connectivity index (χ0n) is 8.37. The van der Waals surface area contributed by atoms with Crippen molar-refractivity contribution in [2.45, 2.75) is 50.8 Å². The Morgan fingerprint density at radius 3 is 2.43 bits per heavy atom. The van der Waals surface area contributed by atoms with Crippen LogP contribution in [0.1, 0.15) is 39.0 Å². The average Bonchev–Trinajstić information content (AvgIpc) is 2.18. The van der Waals surface area contributed by atoms with E-state index >= 15 is 0 Å². The minimum absolute atomic E-state index is 0.263. The van der Waals surface area contributed by atoms with E-state index in [9.17, 15) is 14.3 Å². The van der Waals surface area contributed by atoms with Crippen molar-refractivity contribution in [1.29, 1.82) is 0 Å². The number of carboxylic acids is 1. The van der Waals surface area contributed by atoms with Crippen LogP contribution in [0.15, 0.2) is 0 Å². The molecule has 14 heavy (non-hydrogen) atoms. The molecule has 1 atom stereocenters. The number of halogens is 1. The fraction of sp³-hybridized carbons (Fsp3) is 0.900. The maximum Gasteiger partial charge on any atom is 0.341 e. The van der Waals surface area contributed by atoms with Gasteiger partial charge in [0, 0.05) is 0 Å². The van der Waals surface area contributed by atoms with Crippen LogP contribution < -0.4 is 0 Å². The summed E-state index contributed by atoms with van der Waals surface area (Å²) < 4.78 is 13.2. The van der Waals surface area contributed by atoms with Crippen molar-refractivity contribution in [1.82, 2.24) is 0 Å². The van der Waals surface area contributed by atoms with Gasteiger partial charge in [0.15, 0.2) is 0 Å². The first kappa shape index (κ1) is 11.4. The number of rotatable bonds is 3. The van der Waals surface area contributed by atoms with Gasteiger partial charge in [0.25, 0.3) is 0 Å². The normalized spacial score (nSPS) is 35.2. The van der Waals surface area contributed by atoms with E-state index in [1.807, 2.05) is 0 Å². The van der Waals surface area contributed by atoms with Gasteiger partial charge in [-0.2, -0.15) is 0 Å². The van der Waals surface area contributed by atoms with Gasteiger partial charge in [-0.05, 0) is 31.6 Å². The number of carbonyl (C=O) groups is 1. The lowest BCUT2D eigenvalue weighted by molar-refractivity contribution is -0.158. The second-order valence-corrected chi connectivity index (χ2v) is 4.16. The molecule has 1 unspecified atom stereocenters. The average molecular weight is 204 g/mol. The van der Waals surface area contributed by atoms with Gasteiger partial charge < -0.3 is 10.2 Å². The van der Waals surface area contributed by atoms with Crippen LogP contribution in [0.25, 0.3) is 0 Å². The molecule has 1 rings (SSSR count). The predicted octanol–water partition coefficient (Wildman–Crippen LogP) is 1.74. The third kappa shape index (κ3) is 2.23. The smallest absolute Gasteiger partial charge is 0.341 e. The summed E-state index contributed by atoms with van der Waals surface area (Å²) in [5.41, 5.74) is -1.63. The minimum atomic E-state index is -2.14. The highest BCUT2D eigenvalue weighted by Gasteiger charge is 2.44. The maximum absolute atomic E-state index is 13.2. The number of alkyl halides is 1. The molecule has 2 N–H and O–H groups in total. The summed E-state index contributed by atoms with van der Waals surface area (Å²) in [6.45, 7) is 2.05. The van der Waals surface area contributed by atoms with Gasteiger partial charge in [-0.15, -0.1) is 0 Å². The maximum atomic E-state index is 13.2. The van der Waals surface area contributed by atoms with Crippen LogP contribution in [-0.4, -0.2) is 28.0 Å². The Hall–Kier alpha value is -0.640. The van der Waals surface area contributed by atoms with E-state index in [1.54, 1.807) is 0 Å². The van der Waals surface area contributed by atoms with E-state index in [4.69, 9.17) is 5.11 Å². The van der Waals surface area contributed by atoms with Crippen molar-refractivity contribution in [3.8, 4) is 0 Å². The molecule has 0 aromatic carbocycles. The monoisotopic (exact) mass is 204 g/mol. The first-order valence-corrected chi connectivity index (χ1v) is 5.09. The molecule has 3 nitrogen and oxygen atoms in total.